The van der Waals surface area contributed by atoms with Gasteiger partial charge in [-0.3, -0.25) is 4.79 Å². The van der Waals surface area contributed by atoms with Gasteiger partial charge in [0.1, 0.15) is 0 Å². The molecule has 0 spiro atoms. The Labute approximate surface area is 148 Å². The standard InChI is InChI=1S/C20H23N3O2/c1-14-13-23(19(14)16-8-5-4-6-9-16)20(25)21-17-10-7-11-18(12-17)22(3)15(2)24/h4-12,14,19H,13H2,1-3H3,(H,21,25)/t14-,19-/m1/s1. The van der Waals surface area contributed by atoms with Gasteiger partial charge >= 0.3 is 6.03 Å². The van der Waals surface area contributed by atoms with Gasteiger partial charge in [-0.25, -0.2) is 4.79 Å². The van der Waals surface area contributed by atoms with Crippen LogP contribution in [-0.4, -0.2) is 30.4 Å². The first-order chi connectivity index (χ1) is 12.0. The molecule has 1 heterocycles. The highest BCUT2D eigenvalue weighted by Gasteiger charge is 2.39. The van der Waals surface area contributed by atoms with Gasteiger partial charge in [0, 0.05) is 31.9 Å². The van der Waals surface area contributed by atoms with Crippen LogP contribution in [-0.2, 0) is 4.79 Å². The summed E-state index contributed by atoms with van der Waals surface area (Å²) in [6.07, 6.45) is 0. The fourth-order valence-electron chi connectivity index (χ4n) is 3.23. The number of carbonyl (C=O) groups excluding carboxylic acids is 2. The van der Waals surface area contributed by atoms with Crippen LogP contribution in [0, 0.1) is 5.92 Å². The molecule has 25 heavy (non-hydrogen) atoms. The SMILES string of the molecule is CC(=O)N(C)c1cccc(NC(=O)N2C[C@@H](C)[C@@H]2c2ccccc2)c1. The number of anilines is 2. The minimum atomic E-state index is -0.116. The maximum Gasteiger partial charge on any atom is 0.322 e. The highest BCUT2D eigenvalue weighted by atomic mass is 16.2. The summed E-state index contributed by atoms with van der Waals surface area (Å²) in [5, 5.41) is 2.95. The van der Waals surface area contributed by atoms with Crippen LogP contribution in [0.5, 0.6) is 0 Å². The fourth-order valence-corrected chi connectivity index (χ4v) is 3.23. The van der Waals surface area contributed by atoms with Gasteiger partial charge < -0.3 is 15.1 Å². The average Bonchev–Trinajstić information content (AvgIpc) is 2.59. The van der Waals surface area contributed by atoms with Crippen molar-refractivity contribution in [1.82, 2.24) is 4.90 Å². The quantitative estimate of drug-likeness (QED) is 0.924. The minimum absolute atomic E-state index is 0.0517. The highest BCUT2D eigenvalue weighted by Crippen LogP contribution is 2.38. The monoisotopic (exact) mass is 337 g/mol. The molecule has 1 N–H and O–H groups in total. The van der Waals surface area contributed by atoms with E-state index in [2.05, 4.69) is 24.4 Å². The first-order valence-electron chi connectivity index (χ1n) is 8.44. The second-order valence-corrected chi connectivity index (χ2v) is 6.54. The van der Waals surface area contributed by atoms with E-state index < -0.39 is 0 Å². The maximum absolute atomic E-state index is 12.7. The Morgan fingerprint density at radius 2 is 1.84 bits per heavy atom. The normalized spacial score (nSPS) is 19.1. The highest BCUT2D eigenvalue weighted by molar-refractivity contribution is 5.94. The molecule has 1 saturated heterocycles. The number of benzene rings is 2. The molecule has 3 amide bonds. The summed E-state index contributed by atoms with van der Waals surface area (Å²) in [6.45, 7) is 4.40. The largest absolute Gasteiger partial charge is 0.322 e. The number of hydrogen-bond donors (Lipinski definition) is 1. The molecule has 2 atom stereocenters. The smallest absolute Gasteiger partial charge is 0.317 e. The van der Waals surface area contributed by atoms with Crippen molar-refractivity contribution in [2.75, 3.05) is 23.8 Å². The zero-order valence-corrected chi connectivity index (χ0v) is 14.8. The van der Waals surface area contributed by atoms with E-state index in [9.17, 15) is 9.59 Å². The van der Waals surface area contributed by atoms with E-state index in [-0.39, 0.29) is 18.0 Å². The van der Waals surface area contributed by atoms with Crippen molar-refractivity contribution in [1.29, 1.82) is 0 Å². The number of likely N-dealkylation sites (tertiary alicyclic amines) is 1. The van der Waals surface area contributed by atoms with Crippen molar-refractivity contribution in [3.8, 4) is 0 Å². The zero-order chi connectivity index (χ0) is 18.0. The lowest BCUT2D eigenvalue weighted by molar-refractivity contribution is -0.116. The predicted molar refractivity (Wildman–Crippen MR) is 99.6 cm³/mol. The topological polar surface area (TPSA) is 52.7 Å². The minimum Gasteiger partial charge on any atom is -0.317 e. The van der Waals surface area contributed by atoms with E-state index in [0.29, 0.717) is 11.6 Å². The molecule has 0 saturated carbocycles. The van der Waals surface area contributed by atoms with Gasteiger partial charge in [-0.1, -0.05) is 43.3 Å². The van der Waals surface area contributed by atoms with Gasteiger partial charge in [0.2, 0.25) is 5.91 Å². The molecule has 2 aromatic rings. The third-order valence-corrected chi connectivity index (χ3v) is 4.72. The lowest BCUT2D eigenvalue weighted by Crippen LogP contribution is -2.53. The van der Waals surface area contributed by atoms with Crippen molar-refractivity contribution in [3.05, 3.63) is 60.2 Å². The van der Waals surface area contributed by atoms with Crippen LogP contribution in [0.15, 0.2) is 54.6 Å². The third kappa shape index (κ3) is 3.50. The molecule has 1 fully saturated rings. The number of amides is 3. The van der Waals surface area contributed by atoms with Crippen LogP contribution in [0.25, 0.3) is 0 Å². The van der Waals surface area contributed by atoms with Crippen LogP contribution in [0.3, 0.4) is 0 Å². The van der Waals surface area contributed by atoms with E-state index in [4.69, 9.17) is 0 Å². The summed E-state index contributed by atoms with van der Waals surface area (Å²) in [5.74, 6) is 0.382. The van der Waals surface area contributed by atoms with Crippen LogP contribution < -0.4 is 10.2 Å². The van der Waals surface area contributed by atoms with Gasteiger partial charge in [0.05, 0.1) is 6.04 Å². The Balaban J connectivity index is 1.72. The number of nitrogens with zero attached hydrogens (tertiary/aromatic N) is 2. The summed E-state index contributed by atoms with van der Waals surface area (Å²) >= 11 is 0. The Kier molecular flexibility index (Phi) is 4.74. The Bertz CT molecular complexity index is 776. The lowest BCUT2D eigenvalue weighted by atomic mass is 9.85. The van der Waals surface area contributed by atoms with Gasteiger partial charge in [-0.05, 0) is 29.7 Å². The second-order valence-electron chi connectivity index (χ2n) is 6.54. The van der Waals surface area contributed by atoms with Gasteiger partial charge in [0.25, 0.3) is 0 Å². The first kappa shape index (κ1) is 17.0. The van der Waals surface area contributed by atoms with Crippen molar-refractivity contribution in [2.45, 2.75) is 19.9 Å². The molecule has 0 unspecified atom stereocenters. The van der Waals surface area contributed by atoms with E-state index in [1.165, 1.54) is 6.92 Å². The van der Waals surface area contributed by atoms with Crippen LogP contribution >= 0.6 is 0 Å². The van der Waals surface area contributed by atoms with Crippen molar-refractivity contribution in [2.24, 2.45) is 5.92 Å². The molecular weight excluding hydrogens is 314 g/mol. The molecule has 5 nitrogen and oxygen atoms in total. The molecular formula is C20H23N3O2. The molecule has 3 rings (SSSR count). The third-order valence-electron chi connectivity index (χ3n) is 4.72. The Morgan fingerprint density at radius 1 is 1.12 bits per heavy atom. The summed E-state index contributed by atoms with van der Waals surface area (Å²) in [4.78, 5) is 27.6. The van der Waals surface area contributed by atoms with Crippen molar-refractivity contribution < 1.29 is 9.59 Å². The molecule has 5 heteroatoms. The molecule has 0 bridgehead atoms. The maximum atomic E-state index is 12.7. The lowest BCUT2D eigenvalue weighted by Gasteiger charge is -2.46. The second kappa shape index (κ2) is 6.97. The molecule has 130 valence electrons. The van der Waals surface area contributed by atoms with Crippen LogP contribution in [0.4, 0.5) is 16.2 Å². The average molecular weight is 337 g/mol. The van der Waals surface area contributed by atoms with E-state index in [1.54, 1.807) is 18.0 Å². The molecule has 0 radical (unpaired) electrons. The van der Waals surface area contributed by atoms with Crippen LogP contribution in [0.2, 0.25) is 0 Å². The van der Waals surface area contributed by atoms with E-state index in [0.717, 1.165) is 17.8 Å². The van der Waals surface area contributed by atoms with Crippen LogP contribution in [0.1, 0.15) is 25.5 Å². The predicted octanol–water partition coefficient (Wildman–Crippen LogP) is 3.89. The first-order valence-corrected chi connectivity index (χ1v) is 8.44. The summed E-state index contributed by atoms with van der Waals surface area (Å²) in [7, 11) is 1.71. The van der Waals surface area contributed by atoms with E-state index >= 15 is 0 Å². The number of rotatable bonds is 3. The molecule has 0 aliphatic carbocycles. The Hall–Kier alpha value is -2.82. The van der Waals surface area contributed by atoms with Gasteiger partial charge in [0.15, 0.2) is 0 Å². The molecule has 1 aliphatic heterocycles. The fraction of sp³-hybridized carbons (Fsp3) is 0.300. The van der Waals surface area contributed by atoms with E-state index in [1.807, 2.05) is 41.3 Å². The van der Waals surface area contributed by atoms with Crippen molar-refractivity contribution in [3.63, 3.8) is 0 Å². The number of nitrogens with one attached hydrogen (secondary N) is 1. The number of hydrogen-bond acceptors (Lipinski definition) is 2. The van der Waals surface area contributed by atoms with Crippen molar-refractivity contribution >= 4 is 23.3 Å². The Morgan fingerprint density at radius 3 is 2.48 bits per heavy atom. The number of carbonyl (C=O) groups is 2. The molecule has 1 aliphatic rings. The molecule has 0 aromatic heterocycles. The van der Waals surface area contributed by atoms with Gasteiger partial charge in [-0.2, -0.15) is 0 Å². The molecule has 2 aromatic carbocycles. The van der Waals surface area contributed by atoms with Gasteiger partial charge in [-0.15, -0.1) is 0 Å². The number of urea groups is 1. The summed E-state index contributed by atoms with van der Waals surface area (Å²) in [6, 6.07) is 17.4. The zero-order valence-electron chi connectivity index (χ0n) is 14.8. The summed E-state index contributed by atoms with van der Waals surface area (Å²) in [5.41, 5.74) is 2.59. The summed E-state index contributed by atoms with van der Waals surface area (Å²) < 4.78 is 0.